The van der Waals surface area contributed by atoms with Crippen molar-refractivity contribution in [3.8, 4) is 0 Å². The molecule has 2 aliphatic heterocycles. The Bertz CT molecular complexity index is 951. The van der Waals surface area contributed by atoms with Crippen molar-refractivity contribution in [2.24, 2.45) is 0 Å². The Kier molecular flexibility index (Phi) is 3.75. The standard InChI is InChI=1S/C21H23N3O2/c1-4-21(2,3)18-14(13-8-5-6-9-15(13)22-18)12-16-20(26)24-11-7-10-17(24)19(25)23-16/h4-6,8-9,12,17,22H,1,7,10-11H2,2-3H3,(H,23,25). The minimum atomic E-state index is -0.313. The summed E-state index contributed by atoms with van der Waals surface area (Å²) in [6, 6.07) is 7.67. The molecule has 5 heteroatoms. The molecule has 2 saturated heterocycles. The highest BCUT2D eigenvalue weighted by atomic mass is 16.2. The molecule has 26 heavy (non-hydrogen) atoms. The summed E-state index contributed by atoms with van der Waals surface area (Å²) in [5.74, 6) is -0.183. The maximum Gasteiger partial charge on any atom is 0.271 e. The number of piperazine rings is 1. The highest BCUT2D eigenvalue weighted by Crippen LogP contribution is 2.34. The van der Waals surface area contributed by atoms with Crippen LogP contribution in [0.1, 0.15) is 37.9 Å². The molecule has 1 unspecified atom stereocenters. The van der Waals surface area contributed by atoms with E-state index in [0.717, 1.165) is 35.0 Å². The van der Waals surface area contributed by atoms with E-state index in [9.17, 15) is 9.59 Å². The molecule has 2 aromatic rings. The van der Waals surface area contributed by atoms with Gasteiger partial charge in [0, 0.05) is 34.1 Å². The number of hydrogen-bond donors (Lipinski definition) is 2. The van der Waals surface area contributed by atoms with Crippen LogP contribution in [0.15, 0.2) is 42.6 Å². The number of fused-ring (bicyclic) bond motifs is 2. The molecule has 3 heterocycles. The van der Waals surface area contributed by atoms with Crippen molar-refractivity contribution in [2.45, 2.75) is 38.1 Å². The molecular formula is C21H23N3O2. The lowest BCUT2D eigenvalue weighted by Crippen LogP contribution is -2.53. The summed E-state index contributed by atoms with van der Waals surface area (Å²) in [6.07, 6.45) is 5.32. The number of carbonyl (C=O) groups excluding carboxylic acids is 2. The molecule has 2 N–H and O–H groups in total. The molecule has 2 aliphatic rings. The van der Waals surface area contributed by atoms with Crippen molar-refractivity contribution in [2.75, 3.05) is 6.54 Å². The number of H-pyrrole nitrogens is 1. The van der Waals surface area contributed by atoms with Gasteiger partial charge in [0.15, 0.2) is 0 Å². The smallest absolute Gasteiger partial charge is 0.271 e. The predicted molar refractivity (Wildman–Crippen MR) is 102 cm³/mol. The van der Waals surface area contributed by atoms with Crippen molar-refractivity contribution in [3.05, 3.63) is 53.9 Å². The summed E-state index contributed by atoms with van der Waals surface area (Å²) in [5, 5.41) is 3.85. The first-order valence-electron chi connectivity index (χ1n) is 9.00. The lowest BCUT2D eigenvalue weighted by molar-refractivity contribution is -0.140. The monoisotopic (exact) mass is 349 g/mol. The average Bonchev–Trinajstić information content (AvgIpc) is 3.25. The molecule has 134 valence electrons. The molecule has 2 fully saturated rings. The molecule has 1 atom stereocenters. The highest BCUT2D eigenvalue weighted by Gasteiger charge is 2.40. The van der Waals surface area contributed by atoms with Crippen LogP contribution >= 0.6 is 0 Å². The molecule has 2 amide bonds. The van der Waals surface area contributed by atoms with Gasteiger partial charge in [0.05, 0.1) is 0 Å². The number of para-hydroxylation sites is 1. The third kappa shape index (κ3) is 2.46. The van der Waals surface area contributed by atoms with E-state index >= 15 is 0 Å². The Morgan fingerprint density at radius 1 is 1.27 bits per heavy atom. The number of aromatic amines is 1. The van der Waals surface area contributed by atoms with Gasteiger partial charge >= 0.3 is 0 Å². The Balaban J connectivity index is 1.87. The SMILES string of the molecule is C=CC(C)(C)c1[nH]c2ccccc2c1C=C1NC(=O)C2CCCN2C1=O. The third-order valence-electron chi connectivity index (χ3n) is 5.49. The van der Waals surface area contributed by atoms with E-state index in [1.54, 1.807) is 4.90 Å². The van der Waals surface area contributed by atoms with E-state index < -0.39 is 0 Å². The van der Waals surface area contributed by atoms with Gasteiger partial charge in [-0.1, -0.05) is 38.1 Å². The minimum absolute atomic E-state index is 0.0854. The van der Waals surface area contributed by atoms with Gasteiger partial charge in [-0.05, 0) is 25.0 Å². The molecule has 4 rings (SSSR count). The summed E-state index contributed by atoms with van der Waals surface area (Å²) in [6.45, 7) is 8.75. The molecule has 0 bridgehead atoms. The first kappa shape index (κ1) is 16.6. The van der Waals surface area contributed by atoms with Crippen LogP contribution in [-0.2, 0) is 15.0 Å². The van der Waals surface area contributed by atoms with Crippen LogP contribution in [0.2, 0.25) is 0 Å². The zero-order valence-electron chi connectivity index (χ0n) is 15.1. The number of amides is 2. The fourth-order valence-electron chi connectivity index (χ4n) is 3.87. The third-order valence-corrected chi connectivity index (χ3v) is 5.49. The van der Waals surface area contributed by atoms with Gasteiger partial charge in [0.2, 0.25) is 5.91 Å². The second kappa shape index (κ2) is 5.87. The highest BCUT2D eigenvalue weighted by molar-refractivity contribution is 6.09. The van der Waals surface area contributed by atoms with Crippen LogP contribution in [-0.4, -0.2) is 34.3 Å². The summed E-state index contributed by atoms with van der Waals surface area (Å²) < 4.78 is 0. The molecule has 1 aromatic carbocycles. The number of allylic oxidation sites excluding steroid dienone is 1. The van der Waals surface area contributed by atoms with Gasteiger partial charge in [0.1, 0.15) is 11.7 Å². The molecule has 1 aromatic heterocycles. The van der Waals surface area contributed by atoms with Crippen LogP contribution in [0.5, 0.6) is 0 Å². The fraction of sp³-hybridized carbons (Fsp3) is 0.333. The van der Waals surface area contributed by atoms with Crippen LogP contribution in [0.4, 0.5) is 0 Å². The van der Waals surface area contributed by atoms with E-state index in [1.165, 1.54) is 0 Å². The Hall–Kier alpha value is -2.82. The Labute approximate surface area is 152 Å². The van der Waals surface area contributed by atoms with Crippen molar-refractivity contribution in [3.63, 3.8) is 0 Å². The van der Waals surface area contributed by atoms with Crippen LogP contribution < -0.4 is 5.32 Å². The van der Waals surface area contributed by atoms with Crippen molar-refractivity contribution in [1.82, 2.24) is 15.2 Å². The van der Waals surface area contributed by atoms with Gasteiger partial charge in [0.25, 0.3) is 5.91 Å². The molecular weight excluding hydrogens is 326 g/mol. The second-order valence-electron chi connectivity index (χ2n) is 7.59. The van der Waals surface area contributed by atoms with E-state index in [1.807, 2.05) is 36.4 Å². The number of carbonyl (C=O) groups is 2. The number of benzene rings is 1. The normalized spacial score (nSPS) is 22.0. The molecule has 0 aliphatic carbocycles. The predicted octanol–water partition coefficient (Wildman–Crippen LogP) is 3.09. The fourth-order valence-corrected chi connectivity index (χ4v) is 3.87. The average molecular weight is 349 g/mol. The maximum absolute atomic E-state index is 12.9. The lowest BCUT2D eigenvalue weighted by atomic mass is 9.86. The number of nitrogens with zero attached hydrogens (tertiary/aromatic N) is 1. The molecule has 0 spiro atoms. The number of aromatic nitrogens is 1. The number of rotatable bonds is 3. The largest absolute Gasteiger partial charge is 0.357 e. The van der Waals surface area contributed by atoms with Gasteiger partial charge in [-0.15, -0.1) is 6.58 Å². The number of hydrogen-bond acceptors (Lipinski definition) is 2. The summed E-state index contributed by atoms with van der Waals surface area (Å²) in [7, 11) is 0. The van der Waals surface area contributed by atoms with Crippen LogP contribution in [0.25, 0.3) is 17.0 Å². The molecule has 5 nitrogen and oxygen atoms in total. The van der Waals surface area contributed by atoms with E-state index in [-0.39, 0.29) is 23.3 Å². The zero-order chi connectivity index (χ0) is 18.5. The van der Waals surface area contributed by atoms with E-state index in [2.05, 4.69) is 30.7 Å². The summed E-state index contributed by atoms with van der Waals surface area (Å²) in [5.41, 5.74) is 2.94. The van der Waals surface area contributed by atoms with E-state index in [0.29, 0.717) is 12.2 Å². The maximum atomic E-state index is 12.9. The Morgan fingerprint density at radius 3 is 2.81 bits per heavy atom. The molecule has 0 radical (unpaired) electrons. The van der Waals surface area contributed by atoms with Gasteiger partial charge in [-0.2, -0.15) is 0 Å². The summed E-state index contributed by atoms with van der Waals surface area (Å²) >= 11 is 0. The quantitative estimate of drug-likeness (QED) is 0.661. The second-order valence-corrected chi connectivity index (χ2v) is 7.59. The Morgan fingerprint density at radius 2 is 2.04 bits per heavy atom. The molecule has 0 saturated carbocycles. The van der Waals surface area contributed by atoms with Gasteiger partial charge in [-0.3, -0.25) is 9.59 Å². The topological polar surface area (TPSA) is 65.2 Å². The van der Waals surface area contributed by atoms with E-state index in [4.69, 9.17) is 0 Å². The van der Waals surface area contributed by atoms with Crippen molar-refractivity contribution in [1.29, 1.82) is 0 Å². The van der Waals surface area contributed by atoms with Crippen LogP contribution in [0, 0.1) is 0 Å². The van der Waals surface area contributed by atoms with Gasteiger partial charge < -0.3 is 15.2 Å². The van der Waals surface area contributed by atoms with Crippen molar-refractivity contribution < 1.29 is 9.59 Å². The first-order valence-corrected chi connectivity index (χ1v) is 9.00. The minimum Gasteiger partial charge on any atom is -0.357 e. The zero-order valence-corrected chi connectivity index (χ0v) is 15.1. The first-order chi connectivity index (χ1) is 12.4. The summed E-state index contributed by atoms with van der Waals surface area (Å²) in [4.78, 5) is 30.4. The lowest BCUT2D eigenvalue weighted by Gasteiger charge is -2.30. The van der Waals surface area contributed by atoms with Crippen LogP contribution in [0.3, 0.4) is 0 Å². The number of nitrogens with one attached hydrogen (secondary N) is 2. The van der Waals surface area contributed by atoms with Gasteiger partial charge in [-0.25, -0.2) is 0 Å². The van der Waals surface area contributed by atoms with Crippen molar-refractivity contribution >= 4 is 28.8 Å².